The number of benzene rings is 1. The number of hydrogen-bond donors (Lipinski definition) is 0. The van der Waals surface area contributed by atoms with Crippen LogP contribution in [0.4, 0.5) is 4.39 Å². The highest BCUT2D eigenvalue weighted by Crippen LogP contribution is 2.50. The molecule has 0 N–H and O–H groups in total. The number of ether oxygens (including phenoxy) is 3. The predicted molar refractivity (Wildman–Crippen MR) is 102 cm³/mol. The fourth-order valence-electron chi connectivity index (χ4n) is 4.59. The summed E-state index contributed by atoms with van der Waals surface area (Å²) in [6.07, 6.45) is 1.59. The molecule has 4 nitrogen and oxygen atoms in total. The highest BCUT2D eigenvalue weighted by Gasteiger charge is 2.61. The van der Waals surface area contributed by atoms with E-state index in [1.165, 1.54) is 11.1 Å². The molecule has 3 aliphatic rings. The Morgan fingerprint density at radius 2 is 1.93 bits per heavy atom. The van der Waals surface area contributed by atoms with Gasteiger partial charge in [0.25, 0.3) is 0 Å². The lowest BCUT2D eigenvalue weighted by molar-refractivity contribution is -0.389. The smallest absolute Gasteiger partial charge is 0.198 e. The molecule has 0 saturated carbocycles. The molecule has 6 atom stereocenters. The van der Waals surface area contributed by atoms with Crippen molar-refractivity contribution in [1.29, 1.82) is 0 Å². The van der Waals surface area contributed by atoms with Gasteiger partial charge < -0.3 is 14.2 Å². The van der Waals surface area contributed by atoms with Crippen LogP contribution in [0.15, 0.2) is 42.0 Å². The molecule has 0 amide bonds. The number of fused-ring (bicyclic) bond motifs is 1. The van der Waals surface area contributed by atoms with Gasteiger partial charge in [-0.25, -0.2) is 4.39 Å². The minimum absolute atomic E-state index is 0.219. The Bertz CT molecular complexity index is 709. The Labute approximate surface area is 161 Å². The highest BCUT2D eigenvalue weighted by molar-refractivity contribution is 5.35. The van der Waals surface area contributed by atoms with Crippen LogP contribution in [0.2, 0.25) is 0 Å². The minimum Gasteiger partial charge on any atom is -0.359 e. The van der Waals surface area contributed by atoms with Gasteiger partial charge in [0, 0.05) is 32.7 Å². The summed E-state index contributed by atoms with van der Waals surface area (Å²) < 4.78 is 33.5. The van der Waals surface area contributed by atoms with E-state index in [4.69, 9.17) is 14.2 Å². The van der Waals surface area contributed by atoms with Crippen molar-refractivity contribution in [3.63, 3.8) is 0 Å². The molecule has 2 heterocycles. The van der Waals surface area contributed by atoms with Crippen molar-refractivity contribution in [3.05, 3.63) is 47.5 Å². The molecule has 0 bridgehead atoms. The van der Waals surface area contributed by atoms with E-state index >= 15 is 0 Å². The topological polar surface area (TPSA) is 30.9 Å². The van der Waals surface area contributed by atoms with Crippen molar-refractivity contribution in [3.8, 4) is 0 Å². The van der Waals surface area contributed by atoms with E-state index in [0.717, 1.165) is 13.0 Å². The number of likely N-dealkylation sites (tertiary alicyclic amines) is 1. The number of allylic oxidation sites excluding steroid dienone is 1. The van der Waals surface area contributed by atoms with Gasteiger partial charge in [-0.15, -0.1) is 0 Å². The van der Waals surface area contributed by atoms with Gasteiger partial charge in [0.15, 0.2) is 5.79 Å². The summed E-state index contributed by atoms with van der Waals surface area (Å²) in [5, 5.41) is 0. The van der Waals surface area contributed by atoms with E-state index in [-0.39, 0.29) is 18.1 Å². The average Bonchev–Trinajstić information content (AvgIpc) is 3.49. The van der Waals surface area contributed by atoms with Crippen molar-refractivity contribution >= 4 is 0 Å². The lowest BCUT2D eigenvalue weighted by Gasteiger charge is -2.57. The standard InChI is InChI=1S/C22H30FNO3/c1-15(23)18-13-24(12-16-8-6-5-7-9-16)14-19-20(18)27-21(2,17-10-11-17)22(3,25-4)26-19/h5-10,15,18-20H,11-14H2,1-4H3/t15-,18-,19-,20-,21-,22+/m1/s1. The van der Waals surface area contributed by atoms with E-state index in [2.05, 4.69) is 23.1 Å². The van der Waals surface area contributed by atoms with Crippen LogP contribution < -0.4 is 0 Å². The van der Waals surface area contributed by atoms with Crippen LogP contribution >= 0.6 is 0 Å². The summed E-state index contributed by atoms with van der Waals surface area (Å²) in [5.41, 5.74) is 1.74. The van der Waals surface area contributed by atoms with E-state index in [9.17, 15) is 4.39 Å². The first-order valence-corrected chi connectivity index (χ1v) is 9.87. The molecule has 27 heavy (non-hydrogen) atoms. The molecule has 0 aromatic heterocycles. The second kappa shape index (κ2) is 6.96. The summed E-state index contributed by atoms with van der Waals surface area (Å²) >= 11 is 0. The maximum atomic E-state index is 14.6. The number of halogens is 1. The second-order valence-electron chi connectivity index (χ2n) is 8.38. The predicted octanol–water partition coefficient (Wildman–Crippen LogP) is 3.71. The van der Waals surface area contributed by atoms with Gasteiger partial charge in [-0.3, -0.25) is 4.90 Å². The van der Waals surface area contributed by atoms with Crippen LogP contribution in [0, 0.1) is 5.92 Å². The van der Waals surface area contributed by atoms with Crippen molar-refractivity contribution in [2.24, 2.45) is 5.92 Å². The molecule has 1 aliphatic carbocycles. The molecule has 4 rings (SSSR count). The molecule has 0 unspecified atom stereocenters. The van der Waals surface area contributed by atoms with E-state index in [1.807, 2.05) is 32.0 Å². The number of rotatable bonds is 5. The Hall–Kier alpha value is -1.27. The normalized spacial score (nSPS) is 40.2. The number of hydrogen-bond acceptors (Lipinski definition) is 4. The summed E-state index contributed by atoms with van der Waals surface area (Å²) in [5.74, 6) is -1.11. The summed E-state index contributed by atoms with van der Waals surface area (Å²) in [4.78, 5) is 2.27. The fraction of sp³-hybridized carbons (Fsp3) is 0.636. The Kier molecular flexibility index (Phi) is 4.91. The van der Waals surface area contributed by atoms with Crippen LogP contribution in [0.5, 0.6) is 0 Å². The van der Waals surface area contributed by atoms with Crippen LogP contribution in [0.25, 0.3) is 0 Å². The largest absolute Gasteiger partial charge is 0.359 e. The number of nitrogens with zero attached hydrogens (tertiary/aromatic N) is 1. The van der Waals surface area contributed by atoms with Gasteiger partial charge in [0.2, 0.25) is 0 Å². The van der Waals surface area contributed by atoms with Gasteiger partial charge in [-0.05, 0) is 38.3 Å². The Morgan fingerprint density at radius 1 is 1.22 bits per heavy atom. The molecular weight excluding hydrogens is 345 g/mol. The summed E-state index contributed by atoms with van der Waals surface area (Å²) in [6, 6.07) is 10.3. The fourth-order valence-corrected chi connectivity index (χ4v) is 4.59. The maximum absolute atomic E-state index is 14.6. The Balaban J connectivity index is 1.58. The summed E-state index contributed by atoms with van der Waals surface area (Å²) in [6.45, 7) is 7.73. The van der Waals surface area contributed by atoms with Crippen LogP contribution in [0.3, 0.4) is 0 Å². The zero-order valence-electron chi connectivity index (χ0n) is 16.7. The number of piperidine rings is 1. The monoisotopic (exact) mass is 375 g/mol. The van der Waals surface area contributed by atoms with Crippen molar-refractivity contribution in [1.82, 2.24) is 4.90 Å². The first-order valence-electron chi connectivity index (χ1n) is 9.87. The van der Waals surface area contributed by atoms with Gasteiger partial charge in [-0.2, -0.15) is 0 Å². The molecule has 0 spiro atoms. The molecule has 2 fully saturated rings. The molecule has 2 saturated heterocycles. The lowest BCUT2D eigenvalue weighted by atomic mass is 9.83. The highest BCUT2D eigenvalue weighted by atomic mass is 19.1. The molecule has 5 heteroatoms. The molecule has 0 radical (unpaired) electrons. The van der Waals surface area contributed by atoms with Crippen molar-refractivity contribution in [2.75, 3.05) is 20.2 Å². The second-order valence-corrected chi connectivity index (χ2v) is 8.38. The molecule has 2 aliphatic heterocycles. The van der Waals surface area contributed by atoms with Crippen molar-refractivity contribution in [2.45, 2.75) is 63.5 Å². The first-order chi connectivity index (χ1) is 12.9. The molecule has 1 aromatic rings. The van der Waals surface area contributed by atoms with Crippen LogP contribution in [-0.4, -0.2) is 54.9 Å². The lowest BCUT2D eigenvalue weighted by Crippen LogP contribution is -2.70. The summed E-state index contributed by atoms with van der Waals surface area (Å²) in [7, 11) is 1.66. The van der Waals surface area contributed by atoms with Crippen LogP contribution in [-0.2, 0) is 20.8 Å². The number of alkyl halides is 1. The Morgan fingerprint density at radius 3 is 2.52 bits per heavy atom. The van der Waals surface area contributed by atoms with Gasteiger partial charge in [-0.1, -0.05) is 36.4 Å². The third kappa shape index (κ3) is 3.35. The quantitative estimate of drug-likeness (QED) is 0.734. The van der Waals surface area contributed by atoms with Gasteiger partial charge in [0.05, 0.1) is 6.10 Å². The number of methoxy groups -OCH3 is 1. The molecule has 1 aromatic carbocycles. The van der Waals surface area contributed by atoms with Crippen LogP contribution in [0.1, 0.15) is 32.8 Å². The van der Waals surface area contributed by atoms with Gasteiger partial charge in [0.1, 0.15) is 17.9 Å². The van der Waals surface area contributed by atoms with E-state index < -0.39 is 17.6 Å². The van der Waals surface area contributed by atoms with E-state index in [0.29, 0.717) is 13.1 Å². The minimum atomic E-state index is -0.969. The third-order valence-corrected chi connectivity index (χ3v) is 6.56. The molecular formula is C22H30FNO3. The SMILES string of the molecule is CO[C@@]1(C)O[C@@H]2CN(Cc3ccccc3)C[C@H]([C@@H](C)F)[C@H]2O[C@]1(C)C1=CC1. The zero-order chi connectivity index (χ0) is 19.2. The van der Waals surface area contributed by atoms with Gasteiger partial charge >= 0.3 is 0 Å². The zero-order valence-corrected chi connectivity index (χ0v) is 16.7. The molecule has 148 valence electrons. The third-order valence-electron chi connectivity index (χ3n) is 6.56. The van der Waals surface area contributed by atoms with Crippen molar-refractivity contribution < 1.29 is 18.6 Å². The first kappa shape index (κ1) is 19.1. The average molecular weight is 375 g/mol. The maximum Gasteiger partial charge on any atom is 0.198 e. The van der Waals surface area contributed by atoms with E-state index in [1.54, 1.807) is 14.0 Å².